The Morgan fingerprint density at radius 1 is 0.955 bits per heavy atom. The zero-order valence-corrected chi connectivity index (χ0v) is 12.7. The maximum Gasteiger partial charge on any atom is 0.258 e. The predicted molar refractivity (Wildman–Crippen MR) is 92.7 cm³/mol. The molecule has 106 valence electrons. The second-order valence-corrected chi connectivity index (χ2v) is 6.78. The van der Waals surface area contributed by atoms with E-state index >= 15 is 0 Å². The highest BCUT2D eigenvalue weighted by Crippen LogP contribution is 2.41. The van der Waals surface area contributed by atoms with Crippen LogP contribution in [0.25, 0.3) is 31.4 Å². The summed E-state index contributed by atoms with van der Waals surface area (Å²) in [6.07, 6.45) is 0.935. The third kappa shape index (κ3) is 1.52. The average molecular weight is 303 g/mol. The van der Waals surface area contributed by atoms with Crippen molar-refractivity contribution in [3.63, 3.8) is 0 Å². The number of pyridine rings is 1. The van der Waals surface area contributed by atoms with Gasteiger partial charge in [-0.2, -0.15) is 0 Å². The number of hydrogen-bond acceptors (Lipinski definition) is 2. The van der Waals surface area contributed by atoms with Gasteiger partial charge in [0.05, 0.1) is 10.6 Å². The number of thiophene rings is 1. The lowest BCUT2D eigenvalue weighted by molar-refractivity contribution is 0.670. The molecule has 0 spiro atoms. The summed E-state index contributed by atoms with van der Waals surface area (Å²) in [6, 6.07) is 18.6. The second-order valence-electron chi connectivity index (χ2n) is 5.73. The minimum Gasteiger partial charge on any atom is -0.307 e. The lowest BCUT2D eigenvalue weighted by Gasteiger charge is -2.19. The van der Waals surface area contributed by atoms with Gasteiger partial charge in [0, 0.05) is 16.6 Å². The Labute approximate surface area is 131 Å². The molecule has 0 saturated carbocycles. The van der Waals surface area contributed by atoms with Gasteiger partial charge in [0.2, 0.25) is 0 Å². The number of aromatic nitrogens is 1. The molecule has 0 fully saturated rings. The van der Waals surface area contributed by atoms with Crippen LogP contribution in [0.1, 0.15) is 5.56 Å². The van der Waals surface area contributed by atoms with Crippen molar-refractivity contribution >= 4 is 32.2 Å². The molecule has 2 aromatic carbocycles. The summed E-state index contributed by atoms with van der Waals surface area (Å²) >= 11 is 1.80. The van der Waals surface area contributed by atoms with Crippen LogP contribution in [-0.2, 0) is 13.0 Å². The fourth-order valence-electron chi connectivity index (χ4n) is 3.49. The van der Waals surface area contributed by atoms with Crippen LogP contribution < -0.4 is 5.56 Å². The first-order valence-electron chi connectivity index (χ1n) is 7.46. The van der Waals surface area contributed by atoms with Gasteiger partial charge in [-0.05, 0) is 41.0 Å². The minimum atomic E-state index is 0.135. The molecule has 0 saturated heterocycles. The van der Waals surface area contributed by atoms with E-state index in [9.17, 15) is 4.79 Å². The van der Waals surface area contributed by atoms with Crippen molar-refractivity contribution in [2.75, 3.05) is 0 Å². The highest BCUT2D eigenvalue weighted by Gasteiger charge is 2.22. The van der Waals surface area contributed by atoms with Gasteiger partial charge in [-0.1, -0.05) is 36.4 Å². The smallest absolute Gasteiger partial charge is 0.258 e. The minimum absolute atomic E-state index is 0.135. The molecular formula is C19H13NOS. The molecule has 0 N–H and O–H groups in total. The Morgan fingerprint density at radius 3 is 2.64 bits per heavy atom. The lowest BCUT2D eigenvalue weighted by atomic mass is 10.0. The van der Waals surface area contributed by atoms with Crippen molar-refractivity contribution in [1.29, 1.82) is 0 Å². The average Bonchev–Trinajstić information content (AvgIpc) is 2.94. The summed E-state index contributed by atoms with van der Waals surface area (Å²) in [7, 11) is 0. The molecule has 0 aliphatic carbocycles. The predicted octanol–water partition coefficient (Wildman–Crippen LogP) is 4.44. The standard InChI is InChI=1S/C19H13NOS/c21-19-13-6-2-1-5-12(13)11-16-18-15(9-10-20(16)19)14-7-3-4-8-17(14)22-18/h1-8,11H,9-10H2. The molecule has 3 heteroatoms. The first-order chi connectivity index (χ1) is 10.8. The Balaban J connectivity index is 1.93. The van der Waals surface area contributed by atoms with Crippen molar-refractivity contribution in [1.82, 2.24) is 4.57 Å². The molecule has 3 heterocycles. The molecule has 1 aliphatic rings. The zero-order chi connectivity index (χ0) is 14.7. The number of nitrogens with zero attached hydrogens (tertiary/aromatic N) is 1. The van der Waals surface area contributed by atoms with E-state index in [1.54, 1.807) is 11.3 Å². The quantitative estimate of drug-likeness (QED) is 0.471. The largest absolute Gasteiger partial charge is 0.307 e. The van der Waals surface area contributed by atoms with Gasteiger partial charge in [-0.3, -0.25) is 4.79 Å². The van der Waals surface area contributed by atoms with Crippen molar-refractivity contribution < 1.29 is 0 Å². The normalized spacial score (nSPS) is 13.3. The van der Waals surface area contributed by atoms with E-state index in [0.29, 0.717) is 0 Å². The van der Waals surface area contributed by atoms with Crippen molar-refractivity contribution in [3.8, 4) is 10.6 Å². The van der Waals surface area contributed by atoms with Crippen LogP contribution in [0.5, 0.6) is 0 Å². The number of benzene rings is 2. The summed E-state index contributed by atoms with van der Waals surface area (Å²) in [6.45, 7) is 0.771. The van der Waals surface area contributed by atoms with Crippen LogP contribution in [0, 0.1) is 0 Å². The molecule has 0 radical (unpaired) electrons. The molecule has 0 amide bonds. The summed E-state index contributed by atoms with van der Waals surface area (Å²) < 4.78 is 3.25. The molecule has 2 aromatic heterocycles. The molecule has 0 atom stereocenters. The van der Waals surface area contributed by atoms with E-state index in [0.717, 1.165) is 29.4 Å². The van der Waals surface area contributed by atoms with Gasteiger partial charge in [-0.25, -0.2) is 0 Å². The van der Waals surface area contributed by atoms with Crippen molar-refractivity contribution in [3.05, 3.63) is 70.5 Å². The highest BCUT2D eigenvalue weighted by molar-refractivity contribution is 7.22. The highest BCUT2D eigenvalue weighted by atomic mass is 32.1. The number of rotatable bonds is 0. The maximum atomic E-state index is 12.8. The van der Waals surface area contributed by atoms with Crippen molar-refractivity contribution in [2.24, 2.45) is 0 Å². The third-order valence-electron chi connectivity index (χ3n) is 4.54. The second kappa shape index (κ2) is 4.31. The van der Waals surface area contributed by atoms with Gasteiger partial charge in [0.15, 0.2) is 0 Å². The number of hydrogen-bond donors (Lipinski definition) is 0. The summed E-state index contributed by atoms with van der Waals surface area (Å²) in [5.74, 6) is 0. The zero-order valence-electron chi connectivity index (χ0n) is 11.9. The summed E-state index contributed by atoms with van der Waals surface area (Å²) in [5.41, 5.74) is 2.61. The fourth-order valence-corrected chi connectivity index (χ4v) is 4.76. The molecule has 4 aromatic rings. The molecule has 0 bridgehead atoms. The maximum absolute atomic E-state index is 12.8. The SMILES string of the molecule is O=c1c2ccccc2cc2n1CCc1c-2sc2ccccc12. The van der Waals surface area contributed by atoms with E-state index in [4.69, 9.17) is 0 Å². The molecule has 5 rings (SSSR count). The van der Waals surface area contributed by atoms with Crippen LogP contribution in [0.2, 0.25) is 0 Å². The van der Waals surface area contributed by atoms with Crippen LogP contribution in [0.15, 0.2) is 59.4 Å². The topological polar surface area (TPSA) is 22.0 Å². The molecule has 22 heavy (non-hydrogen) atoms. The Hall–Kier alpha value is -2.39. The van der Waals surface area contributed by atoms with Crippen molar-refractivity contribution in [2.45, 2.75) is 13.0 Å². The van der Waals surface area contributed by atoms with Gasteiger partial charge in [0.25, 0.3) is 5.56 Å². The van der Waals surface area contributed by atoms with E-state index in [1.807, 2.05) is 28.8 Å². The van der Waals surface area contributed by atoms with Crippen LogP contribution in [0.3, 0.4) is 0 Å². The van der Waals surface area contributed by atoms with E-state index < -0.39 is 0 Å². The first kappa shape index (κ1) is 12.2. The fraction of sp³-hybridized carbons (Fsp3) is 0.105. The molecule has 2 nitrogen and oxygen atoms in total. The van der Waals surface area contributed by atoms with Crippen LogP contribution in [-0.4, -0.2) is 4.57 Å². The van der Waals surface area contributed by atoms with E-state index in [2.05, 4.69) is 30.3 Å². The number of fused-ring (bicyclic) bond motifs is 6. The van der Waals surface area contributed by atoms with Gasteiger partial charge < -0.3 is 4.57 Å². The molecule has 1 aliphatic heterocycles. The van der Waals surface area contributed by atoms with Crippen LogP contribution >= 0.6 is 11.3 Å². The molecule has 0 unspecified atom stereocenters. The van der Waals surface area contributed by atoms with E-state index in [-0.39, 0.29) is 5.56 Å². The van der Waals surface area contributed by atoms with Gasteiger partial charge in [0.1, 0.15) is 0 Å². The Bertz CT molecular complexity index is 1100. The first-order valence-corrected chi connectivity index (χ1v) is 8.28. The summed E-state index contributed by atoms with van der Waals surface area (Å²) in [5, 5.41) is 3.19. The van der Waals surface area contributed by atoms with Gasteiger partial charge in [-0.15, -0.1) is 11.3 Å². The summed E-state index contributed by atoms with van der Waals surface area (Å²) in [4.78, 5) is 14.0. The van der Waals surface area contributed by atoms with Gasteiger partial charge >= 0.3 is 0 Å². The Morgan fingerprint density at radius 2 is 1.73 bits per heavy atom. The lowest BCUT2D eigenvalue weighted by Crippen LogP contribution is -2.25. The van der Waals surface area contributed by atoms with E-state index in [1.165, 1.54) is 20.5 Å². The van der Waals surface area contributed by atoms with Crippen LogP contribution in [0.4, 0.5) is 0 Å². The third-order valence-corrected chi connectivity index (χ3v) is 5.77. The molecular weight excluding hydrogens is 290 g/mol. The Kier molecular flexibility index (Phi) is 2.38. The monoisotopic (exact) mass is 303 g/mol. The number of aryl methyl sites for hydroxylation is 1.